The van der Waals surface area contributed by atoms with Crippen molar-refractivity contribution < 1.29 is 9.90 Å². The third-order valence-electron chi connectivity index (χ3n) is 2.81. The number of amides is 1. The van der Waals surface area contributed by atoms with E-state index in [2.05, 4.69) is 6.92 Å². The minimum atomic E-state index is -0.981. The van der Waals surface area contributed by atoms with E-state index in [0.29, 0.717) is 11.4 Å². The molecule has 0 saturated heterocycles. The molecule has 2 rings (SSSR count). The number of aryl methyl sites for hydroxylation is 1. The quantitative estimate of drug-likeness (QED) is 0.880. The van der Waals surface area contributed by atoms with Crippen LogP contribution in [0, 0.1) is 0 Å². The summed E-state index contributed by atoms with van der Waals surface area (Å²) in [5.74, 6) is 0. The van der Waals surface area contributed by atoms with E-state index < -0.39 is 6.09 Å². The van der Waals surface area contributed by atoms with Crippen molar-refractivity contribution in [3.63, 3.8) is 0 Å². The fraction of sp³-hybridized carbons (Fsp3) is 0.133. The van der Waals surface area contributed by atoms with Gasteiger partial charge in [-0.05, 0) is 36.2 Å². The molecule has 0 aromatic heterocycles. The van der Waals surface area contributed by atoms with Gasteiger partial charge in [-0.15, -0.1) is 0 Å². The van der Waals surface area contributed by atoms with Gasteiger partial charge in [0, 0.05) is 0 Å². The van der Waals surface area contributed by atoms with Crippen LogP contribution in [0.3, 0.4) is 0 Å². The molecule has 0 aliphatic rings. The lowest BCUT2D eigenvalue weighted by atomic mass is 10.1. The Hall–Kier alpha value is -2.29. The van der Waals surface area contributed by atoms with Crippen LogP contribution in [0.15, 0.2) is 54.6 Å². The molecule has 18 heavy (non-hydrogen) atoms. The zero-order chi connectivity index (χ0) is 13.0. The summed E-state index contributed by atoms with van der Waals surface area (Å²) in [6.07, 6.45) is -0.0379. The van der Waals surface area contributed by atoms with Gasteiger partial charge < -0.3 is 5.11 Å². The molecule has 0 unspecified atom stereocenters. The maximum Gasteiger partial charge on any atom is 0.416 e. The largest absolute Gasteiger partial charge is 0.464 e. The molecule has 0 heterocycles. The minimum absolute atomic E-state index is 0.647. The number of anilines is 2. The van der Waals surface area contributed by atoms with E-state index in [1.54, 1.807) is 12.1 Å². The Morgan fingerprint density at radius 2 is 1.56 bits per heavy atom. The van der Waals surface area contributed by atoms with Crippen molar-refractivity contribution in [3.8, 4) is 0 Å². The zero-order valence-corrected chi connectivity index (χ0v) is 10.2. The van der Waals surface area contributed by atoms with Crippen LogP contribution in [-0.2, 0) is 6.42 Å². The number of hydrogen-bond acceptors (Lipinski definition) is 1. The fourth-order valence-electron chi connectivity index (χ4n) is 1.83. The smallest absolute Gasteiger partial charge is 0.416 e. The Kier molecular flexibility index (Phi) is 3.63. The Morgan fingerprint density at radius 1 is 1.00 bits per heavy atom. The van der Waals surface area contributed by atoms with Gasteiger partial charge in [-0.3, -0.25) is 0 Å². The maximum atomic E-state index is 11.4. The Labute approximate surface area is 106 Å². The lowest BCUT2D eigenvalue weighted by Crippen LogP contribution is -2.23. The van der Waals surface area contributed by atoms with Crippen LogP contribution in [0.2, 0.25) is 0 Å². The minimum Gasteiger partial charge on any atom is -0.464 e. The fourth-order valence-corrected chi connectivity index (χ4v) is 1.83. The molecule has 0 aliphatic carbocycles. The molecule has 3 heteroatoms. The molecular weight excluding hydrogens is 226 g/mol. The summed E-state index contributed by atoms with van der Waals surface area (Å²) in [6, 6.07) is 16.6. The van der Waals surface area contributed by atoms with Crippen LogP contribution < -0.4 is 4.90 Å². The predicted molar refractivity (Wildman–Crippen MR) is 72.4 cm³/mol. The average molecular weight is 241 g/mol. The Balaban J connectivity index is 2.39. The third kappa shape index (κ3) is 2.51. The molecule has 0 saturated carbocycles. The molecule has 0 fully saturated rings. The van der Waals surface area contributed by atoms with Crippen molar-refractivity contribution in [2.24, 2.45) is 0 Å². The van der Waals surface area contributed by atoms with Gasteiger partial charge >= 0.3 is 6.09 Å². The summed E-state index contributed by atoms with van der Waals surface area (Å²) in [5.41, 5.74) is 2.50. The Morgan fingerprint density at radius 3 is 2.06 bits per heavy atom. The Bertz CT molecular complexity index is 520. The molecule has 0 bridgehead atoms. The first-order valence-corrected chi connectivity index (χ1v) is 5.89. The monoisotopic (exact) mass is 241 g/mol. The highest BCUT2D eigenvalue weighted by Crippen LogP contribution is 2.25. The van der Waals surface area contributed by atoms with Crippen LogP contribution >= 0.6 is 0 Å². The van der Waals surface area contributed by atoms with Gasteiger partial charge in [-0.25, -0.2) is 9.69 Å². The van der Waals surface area contributed by atoms with Crippen LogP contribution in [0.1, 0.15) is 12.5 Å². The second-order valence-corrected chi connectivity index (χ2v) is 3.97. The summed E-state index contributed by atoms with van der Waals surface area (Å²) in [5, 5.41) is 9.33. The van der Waals surface area contributed by atoms with Gasteiger partial charge in [0.05, 0.1) is 11.4 Å². The molecule has 2 aromatic rings. The van der Waals surface area contributed by atoms with Crippen molar-refractivity contribution in [1.29, 1.82) is 0 Å². The lowest BCUT2D eigenvalue weighted by molar-refractivity contribution is 0.205. The summed E-state index contributed by atoms with van der Waals surface area (Å²) >= 11 is 0. The van der Waals surface area contributed by atoms with Gasteiger partial charge in [0.2, 0.25) is 0 Å². The summed E-state index contributed by atoms with van der Waals surface area (Å²) in [6.45, 7) is 2.07. The van der Waals surface area contributed by atoms with Gasteiger partial charge in [0.15, 0.2) is 0 Å². The SMILES string of the molecule is CCc1ccc(N(C(=O)O)c2ccccc2)cc1. The van der Waals surface area contributed by atoms with Crippen molar-refractivity contribution in [2.75, 3.05) is 4.90 Å². The standard InChI is InChI=1S/C15H15NO2/c1-2-12-8-10-14(11-9-12)16(15(17)18)13-6-4-3-5-7-13/h3-11H,2H2,1H3,(H,17,18). The number of carboxylic acid groups (broad SMARTS) is 1. The highest BCUT2D eigenvalue weighted by molar-refractivity contribution is 5.94. The van der Waals surface area contributed by atoms with Gasteiger partial charge in [0.1, 0.15) is 0 Å². The maximum absolute atomic E-state index is 11.4. The summed E-state index contributed by atoms with van der Waals surface area (Å²) in [7, 11) is 0. The van der Waals surface area contributed by atoms with Gasteiger partial charge in [0.25, 0.3) is 0 Å². The van der Waals surface area contributed by atoms with Crippen molar-refractivity contribution in [2.45, 2.75) is 13.3 Å². The van der Waals surface area contributed by atoms with Crippen LogP contribution in [0.5, 0.6) is 0 Å². The first-order valence-electron chi connectivity index (χ1n) is 5.89. The summed E-state index contributed by atoms with van der Waals surface area (Å²) in [4.78, 5) is 12.7. The third-order valence-corrected chi connectivity index (χ3v) is 2.81. The molecule has 2 aromatic carbocycles. The molecule has 0 aliphatic heterocycles. The molecule has 0 spiro atoms. The predicted octanol–water partition coefficient (Wildman–Crippen LogP) is 4.07. The first-order chi connectivity index (χ1) is 8.72. The number of nitrogens with zero attached hydrogens (tertiary/aromatic N) is 1. The lowest BCUT2D eigenvalue weighted by Gasteiger charge is -2.19. The molecular formula is C15H15NO2. The van der Waals surface area contributed by atoms with Gasteiger partial charge in [-0.1, -0.05) is 37.3 Å². The summed E-state index contributed by atoms with van der Waals surface area (Å²) < 4.78 is 0. The van der Waals surface area contributed by atoms with Crippen LogP contribution in [0.25, 0.3) is 0 Å². The van der Waals surface area contributed by atoms with Crippen molar-refractivity contribution in [3.05, 3.63) is 60.2 Å². The number of carbonyl (C=O) groups is 1. The molecule has 3 nitrogen and oxygen atoms in total. The van der Waals surface area contributed by atoms with E-state index >= 15 is 0 Å². The van der Waals surface area contributed by atoms with E-state index in [4.69, 9.17) is 0 Å². The highest BCUT2D eigenvalue weighted by atomic mass is 16.4. The average Bonchev–Trinajstić information content (AvgIpc) is 2.40. The molecule has 1 N–H and O–H groups in total. The second kappa shape index (κ2) is 5.36. The van der Waals surface area contributed by atoms with Crippen LogP contribution in [0.4, 0.5) is 16.2 Å². The number of hydrogen-bond donors (Lipinski definition) is 1. The van der Waals surface area contributed by atoms with E-state index in [9.17, 15) is 9.90 Å². The number of rotatable bonds is 3. The van der Waals surface area contributed by atoms with Crippen molar-refractivity contribution in [1.82, 2.24) is 0 Å². The normalized spacial score (nSPS) is 10.1. The van der Waals surface area contributed by atoms with E-state index in [1.165, 1.54) is 10.5 Å². The topological polar surface area (TPSA) is 40.5 Å². The number of para-hydroxylation sites is 1. The van der Waals surface area contributed by atoms with E-state index in [-0.39, 0.29) is 0 Å². The number of benzene rings is 2. The van der Waals surface area contributed by atoms with E-state index in [0.717, 1.165) is 6.42 Å². The molecule has 92 valence electrons. The zero-order valence-electron chi connectivity index (χ0n) is 10.2. The second-order valence-electron chi connectivity index (χ2n) is 3.97. The molecule has 1 amide bonds. The highest BCUT2D eigenvalue weighted by Gasteiger charge is 2.15. The first kappa shape index (κ1) is 12.2. The van der Waals surface area contributed by atoms with Crippen LogP contribution in [-0.4, -0.2) is 11.2 Å². The molecule has 0 radical (unpaired) electrons. The van der Waals surface area contributed by atoms with Crippen molar-refractivity contribution >= 4 is 17.5 Å². The van der Waals surface area contributed by atoms with E-state index in [1.807, 2.05) is 42.5 Å². The van der Waals surface area contributed by atoms with Gasteiger partial charge in [-0.2, -0.15) is 0 Å². The molecule has 0 atom stereocenters.